The largest absolute Gasteiger partial charge is 0.397 e. The third-order valence-corrected chi connectivity index (χ3v) is 6.23. The van der Waals surface area contributed by atoms with E-state index in [-0.39, 0.29) is 6.04 Å². The Kier molecular flexibility index (Phi) is 4.61. The van der Waals surface area contributed by atoms with E-state index >= 15 is 0 Å². The number of piperidine rings is 1. The lowest BCUT2D eigenvalue weighted by Gasteiger charge is -2.36. The Balaban J connectivity index is 2.33. The van der Waals surface area contributed by atoms with Crippen LogP contribution in [0.25, 0.3) is 0 Å². The lowest BCUT2D eigenvalue weighted by atomic mass is 10.1. The maximum absolute atomic E-state index is 12.7. The summed E-state index contributed by atoms with van der Waals surface area (Å²) in [6.07, 6.45) is 2.90. The standard InChI is InChI=1S/C13H20BrN3O2S/c1-10-5-3-4-8-17(10)20(18,19)16(2)13-7-6-11(14)9-12(13)15/h6-7,9-10H,3-5,8,15H2,1-2H3. The van der Waals surface area contributed by atoms with Crippen LogP contribution in [0.4, 0.5) is 11.4 Å². The highest BCUT2D eigenvalue weighted by molar-refractivity contribution is 9.10. The van der Waals surface area contributed by atoms with Crippen LogP contribution in [0.15, 0.2) is 22.7 Å². The molecule has 0 radical (unpaired) electrons. The highest BCUT2D eigenvalue weighted by Crippen LogP contribution is 2.30. The second kappa shape index (κ2) is 5.91. The molecule has 0 aliphatic carbocycles. The van der Waals surface area contributed by atoms with Gasteiger partial charge in [0.25, 0.3) is 0 Å². The molecule has 0 bridgehead atoms. The number of anilines is 2. The maximum Gasteiger partial charge on any atom is 0.304 e. The first kappa shape index (κ1) is 15.6. The first-order valence-corrected chi connectivity index (χ1v) is 8.83. The minimum Gasteiger partial charge on any atom is -0.397 e. The van der Waals surface area contributed by atoms with Gasteiger partial charge >= 0.3 is 10.2 Å². The summed E-state index contributed by atoms with van der Waals surface area (Å²) >= 11 is 3.32. The van der Waals surface area contributed by atoms with Crippen molar-refractivity contribution in [2.45, 2.75) is 32.2 Å². The van der Waals surface area contributed by atoms with Gasteiger partial charge in [-0.05, 0) is 38.0 Å². The number of nitrogens with zero attached hydrogens (tertiary/aromatic N) is 2. The van der Waals surface area contributed by atoms with Crippen LogP contribution in [-0.2, 0) is 10.2 Å². The van der Waals surface area contributed by atoms with E-state index in [4.69, 9.17) is 5.73 Å². The fourth-order valence-corrected chi connectivity index (χ4v) is 4.54. The molecule has 1 aliphatic rings. The molecule has 2 rings (SSSR count). The van der Waals surface area contributed by atoms with Crippen molar-refractivity contribution in [3.8, 4) is 0 Å². The quantitative estimate of drug-likeness (QED) is 0.841. The highest BCUT2D eigenvalue weighted by Gasteiger charge is 2.33. The van der Waals surface area contributed by atoms with Crippen LogP contribution in [-0.4, -0.2) is 32.4 Å². The molecule has 2 N–H and O–H groups in total. The number of rotatable bonds is 3. The summed E-state index contributed by atoms with van der Waals surface area (Å²) in [5.74, 6) is 0. The van der Waals surface area contributed by atoms with Gasteiger partial charge in [0, 0.05) is 24.1 Å². The smallest absolute Gasteiger partial charge is 0.304 e. The molecule has 1 atom stereocenters. The van der Waals surface area contributed by atoms with E-state index in [9.17, 15) is 8.42 Å². The number of hydrogen-bond donors (Lipinski definition) is 1. The number of benzene rings is 1. The molecule has 1 heterocycles. The van der Waals surface area contributed by atoms with Crippen molar-refractivity contribution in [1.29, 1.82) is 0 Å². The molecular weight excluding hydrogens is 342 g/mol. The van der Waals surface area contributed by atoms with Crippen LogP contribution in [0.1, 0.15) is 26.2 Å². The maximum atomic E-state index is 12.7. The van der Waals surface area contributed by atoms with Crippen LogP contribution in [0, 0.1) is 0 Å². The molecule has 1 aromatic carbocycles. The van der Waals surface area contributed by atoms with Gasteiger partial charge in [0.15, 0.2) is 0 Å². The molecule has 112 valence electrons. The summed E-state index contributed by atoms with van der Waals surface area (Å²) in [4.78, 5) is 0. The molecule has 1 saturated heterocycles. The molecule has 0 amide bonds. The molecule has 1 fully saturated rings. The van der Waals surface area contributed by atoms with Crippen molar-refractivity contribution in [3.05, 3.63) is 22.7 Å². The summed E-state index contributed by atoms with van der Waals surface area (Å²) in [5.41, 5.74) is 6.87. The Morgan fingerprint density at radius 3 is 2.70 bits per heavy atom. The van der Waals surface area contributed by atoms with E-state index in [1.54, 1.807) is 29.6 Å². The predicted molar refractivity (Wildman–Crippen MR) is 85.9 cm³/mol. The van der Waals surface area contributed by atoms with Crippen molar-refractivity contribution in [1.82, 2.24) is 4.31 Å². The Labute approximate surface area is 129 Å². The Bertz CT molecular complexity index is 591. The zero-order valence-electron chi connectivity index (χ0n) is 11.7. The summed E-state index contributed by atoms with van der Waals surface area (Å²) in [7, 11) is -1.98. The van der Waals surface area contributed by atoms with E-state index in [1.165, 1.54) is 4.31 Å². The van der Waals surface area contributed by atoms with Gasteiger partial charge < -0.3 is 5.73 Å². The third kappa shape index (κ3) is 2.94. The second-order valence-corrected chi connectivity index (χ2v) is 7.96. The molecule has 7 heteroatoms. The van der Waals surface area contributed by atoms with Crippen LogP contribution in [0.2, 0.25) is 0 Å². The predicted octanol–water partition coefficient (Wildman–Crippen LogP) is 2.59. The van der Waals surface area contributed by atoms with Gasteiger partial charge in [0.2, 0.25) is 0 Å². The van der Waals surface area contributed by atoms with Crippen LogP contribution >= 0.6 is 15.9 Å². The molecule has 5 nitrogen and oxygen atoms in total. The summed E-state index contributed by atoms with van der Waals surface area (Å²) in [6.45, 7) is 2.53. The summed E-state index contributed by atoms with van der Waals surface area (Å²) < 4.78 is 29.1. The Hall–Kier alpha value is -0.790. The van der Waals surface area contributed by atoms with Gasteiger partial charge in [0.05, 0.1) is 11.4 Å². The van der Waals surface area contributed by atoms with Gasteiger partial charge in [-0.1, -0.05) is 22.4 Å². The van der Waals surface area contributed by atoms with E-state index in [1.807, 2.05) is 6.92 Å². The van der Waals surface area contributed by atoms with Crippen LogP contribution in [0.3, 0.4) is 0 Å². The molecule has 1 unspecified atom stereocenters. The molecule has 20 heavy (non-hydrogen) atoms. The van der Waals surface area contributed by atoms with E-state index in [0.717, 1.165) is 23.7 Å². The molecule has 1 aromatic rings. The van der Waals surface area contributed by atoms with E-state index < -0.39 is 10.2 Å². The number of halogens is 1. The Morgan fingerprint density at radius 1 is 1.40 bits per heavy atom. The SMILES string of the molecule is CC1CCCCN1S(=O)(=O)N(C)c1ccc(Br)cc1N. The zero-order chi connectivity index (χ0) is 14.9. The molecule has 0 saturated carbocycles. The fraction of sp³-hybridized carbons (Fsp3) is 0.538. The second-order valence-electron chi connectivity index (χ2n) is 5.13. The zero-order valence-corrected chi connectivity index (χ0v) is 14.1. The molecule has 0 aromatic heterocycles. The van der Waals surface area contributed by atoms with Gasteiger partial charge in [0.1, 0.15) is 0 Å². The van der Waals surface area contributed by atoms with Crippen molar-refractivity contribution in [2.75, 3.05) is 23.6 Å². The van der Waals surface area contributed by atoms with Crippen LogP contribution in [0.5, 0.6) is 0 Å². The molecule has 1 aliphatic heterocycles. The number of hydrogen-bond acceptors (Lipinski definition) is 3. The highest BCUT2D eigenvalue weighted by atomic mass is 79.9. The fourth-order valence-electron chi connectivity index (χ4n) is 2.51. The van der Waals surface area contributed by atoms with Crippen LogP contribution < -0.4 is 10.0 Å². The average molecular weight is 362 g/mol. The van der Waals surface area contributed by atoms with Crippen molar-refractivity contribution in [2.24, 2.45) is 0 Å². The van der Waals surface area contributed by atoms with Gasteiger partial charge in [-0.3, -0.25) is 4.31 Å². The van der Waals surface area contributed by atoms with Crippen molar-refractivity contribution in [3.63, 3.8) is 0 Å². The topological polar surface area (TPSA) is 66.6 Å². The van der Waals surface area contributed by atoms with E-state index in [0.29, 0.717) is 17.9 Å². The first-order chi connectivity index (χ1) is 9.34. The van der Waals surface area contributed by atoms with Gasteiger partial charge in [-0.25, -0.2) is 0 Å². The number of nitrogens with two attached hydrogens (primary N) is 1. The summed E-state index contributed by atoms with van der Waals surface area (Å²) in [6, 6.07) is 5.25. The Morgan fingerprint density at radius 2 is 2.10 bits per heavy atom. The van der Waals surface area contributed by atoms with Crippen molar-refractivity contribution >= 4 is 37.5 Å². The first-order valence-electron chi connectivity index (χ1n) is 6.65. The van der Waals surface area contributed by atoms with Crippen molar-refractivity contribution < 1.29 is 8.42 Å². The third-order valence-electron chi connectivity index (χ3n) is 3.71. The monoisotopic (exact) mass is 361 g/mol. The molecular formula is C13H20BrN3O2S. The minimum atomic E-state index is -3.53. The average Bonchev–Trinajstić information content (AvgIpc) is 2.38. The van der Waals surface area contributed by atoms with Gasteiger partial charge in [-0.15, -0.1) is 0 Å². The lowest BCUT2D eigenvalue weighted by Crippen LogP contribution is -2.48. The number of nitrogen functional groups attached to an aromatic ring is 1. The minimum absolute atomic E-state index is 0.0351. The molecule has 0 spiro atoms. The van der Waals surface area contributed by atoms with Gasteiger partial charge in [-0.2, -0.15) is 12.7 Å². The van der Waals surface area contributed by atoms with E-state index in [2.05, 4.69) is 15.9 Å². The normalized spacial score (nSPS) is 20.9. The summed E-state index contributed by atoms with van der Waals surface area (Å²) in [5, 5.41) is 0. The lowest BCUT2D eigenvalue weighted by molar-refractivity contribution is 0.268.